The molecular weight excluding hydrogens is 292 g/mol. The zero-order chi connectivity index (χ0) is 15.7. The number of aliphatic hydroxyl groups is 1. The van der Waals surface area contributed by atoms with Crippen LogP contribution in [-0.4, -0.2) is 17.6 Å². The molecule has 1 atom stereocenters. The summed E-state index contributed by atoms with van der Waals surface area (Å²) in [5.74, 6) is -2.22. The predicted octanol–water partition coefficient (Wildman–Crippen LogP) is 3.03. The molecule has 1 aliphatic rings. The molecule has 2 aromatic rings. The fraction of sp³-hybridized carbons (Fsp3) is 0.188. The summed E-state index contributed by atoms with van der Waals surface area (Å²) in [7, 11) is 0. The molecule has 2 N–H and O–H groups in total. The molecule has 1 aliphatic heterocycles. The van der Waals surface area contributed by atoms with Crippen molar-refractivity contribution in [2.24, 2.45) is 0 Å². The van der Waals surface area contributed by atoms with Gasteiger partial charge in [0, 0.05) is 23.7 Å². The van der Waals surface area contributed by atoms with Crippen LogP contribution in [0.25, 0.3) is 0 Å². The summed E-state index contributed by atoms with van der Waals surface area (Å²) >= 11 is 0. The molecular formula is C16H13F2NO3. The lowest BCUT2D eigenvalue weighted by Gasteiger charge is -2.24. The van der Waals surface area contributed by atoms with Crippen LogP contribution in [0.1, 0.15) is 28.4 Å². The van der Waals surface area contributed by atoms with Gasteiger partial charge in [-0.2, -0.15) is 0 Å². The number of anilines is 1. The number of hydrogen-bond donors (Lipinski definition) is 2. The Kier molecular flexibility index (Phi) is 3.77. The van der Waals surface area contributed by atoms with Gasteiger partial charge in [0.15, 0.2) is 11.6 Å². The van der Waals surface area contributed by atoms with Crippen molar-refractivity contribution in [3.8, 4) is 5.75 Å². The first-order chi connectivity index (χ1) is 10.6. The average Bonchev–Trinajstić information content (AvgIpc) is 2.51. The van der Waals surface area contributed by atoms with E-state index in [2.05, 4.69) is 5.32 Å². The topological polar surface area (TPSA) is 58.6 Å². The number of amides is 1. The molecule has 0 aliphatic carbocycles. The Morgan fingerprint density at radius 3 is 2.82 bits per heavy atom. The zero-order valence-corrected chi connectivity index (χ0v) is 11.5. The number of hydrogen-bond acceptors (Lipinski definition) is 3. The van der Waals surface area contributed by atoms with E-state index < -0.39 is 23.6 Å². The molecule has 0 saturated heterocycles. The van der Waals surface area contributed by atoms with E-state index in [1.807, 2.05) is 0 Å². The normalized spacial score (nSPS) is 16.6. The van der Waals surface area contributed by atoms with Gasteiger partial charge in [-0.05, 0) is 18.2 Å². The summed E-state index contributed by atoms with van der Waals surface area (Å²) in [5.41, 5.74) is 0.919. The van der Waals surface area contributed by atoms with Crippen molar-refractivity contribution in [3.05, 3.63) is 59.2 Å². The number of ether oxygens (including phenoxy) is 1. The SMILES string of the molecule is O=C(Nc1ccc(F)c(F)c1)c1cccc2c1OCC[C@@H]2O. The second kappa shape index (κ2) is 5.73. The Balaban J connectivity index is 1.89. The highest BCUT2D eigenvalue weighted by Crippen LogP contribution is 2.35. The molecule has 4 nitrogen and oxygen atoms in total. The molecule has 1 heterocycles. The van der Waals surface area contributed by atoms with E-state index in [-0.39, 0.29) is 11.3 Å². The van der Waals surface area contributed by atoms with Crippen molar-refractivity contribution >= 4 is 11.6 Å². The predicted molar refractivity (Wildman–Crippen MR) is 75.8 cm³/mol. The van der Waals surface area contributed by atoms with E-state index in [4.69, 9.17) is 4.74 Å². The smallest absolute Gasteiger partial charge is 0.259 e. The molecule has 1 amide bonds. The Hall–Kier alpha value is -2.47. The maximum atomic E-state index is 13.2. The third-order valence-corrected chi connectivity index (χ3v) is 3.46. The lowest BCUT2D eigenvalue weighted by Crippen LogP contribution is -2.19. The maximum absolute atomic E-state index is 13.2. The van der Waals surface area contributed by atoms with E-state index in [0.717, 1.165) is 12.1 Å². The van der Waals surface area contributed by atoms with Gasteiger partial charge in [0.1, 0.15) is 5.75 Å². The van der Waals surface area contributed by atoms with E-state index in [1.165, 1.54) is 6.07 Å². The van der Waals surface area contributed by atoms with Gasteiger partial charge < -0.3 is 15.2 Å². The minimum Gasteiger partial charge on any atom is -0.492 e. The van der Waals surface area contributed by atoms with Crippen LogP contribution in [0.5, 0.6) is 5.75 Å². The van der Waals surface area contributed by atoms with Crippen LogP contribution in [0.2, 0.25) is 0 Å². The lowest BCUT2D eigenvalue weighted by molar-refractivity contribution is 0.0997. The van der Waals surface area contributed by atoms with Crippen LogP contribution in [0.3, 0.4) is 0 Å². The van der Waals surface area contributed by atoms with Crippen molar-refractivity contribution in [2.75, 3.05) is 11.9 Å². The van der Waals surface area contributed by atoms with Gasteiger partial charge in [-0.15, -0.1) is 0 Å². The van der Waals surface area contributed by atoms with Crippen LogP contribution >= 0.6 is 0 Å². The molecule has 22 heavy (non-hydrogen) atoms. The van der Waals surface area contributed by atoms with Crippen LogP contribution in [-0.2, 0) is 0 Å². The third-order valence-electron chi connectivity index (χ3n) is 3.46. The van der Waals surface area contributed by atoms with Gasteiger partial charge in [0.05, 0.1) is 18.3 Å². The molecule has 0 fully saturated rings. The van der Waals surface area contributed by atoms with Crippen molar-refractivity contribution in [2.45, 2.75) is 12.5 Å². The lowest BCUT2D eigenvalue weighted by atomic mass is 9.99. The number of fused-ring (bicyclic) bond motifs is 1. The maximum Gasteiger partial charge on any atom is 0.259 e. The first-order valence-corrected chi connectivity index (χ1v) is 6.76. The van der Waals surface area contributed by atoms with Gasteiger partial charge in [-0.25, -0.2) is 8.78 Å². The monoisotopic (exact) mass is 305 g/mol. The molecule has 0 unspecified atom stereocenters. The van der Waals surface area contributed by atoms with E-state index in [9.17, 15) is 18.7 Å². The molecule has 0 spiro atoms. The number of halogens is 2. The van der Waals surface area contributed by atoms with E-state index in [0.29, 0.717) is 24.3 Å². The van der Waals surface area contributed by atoms with Crippen LogP contribution < -0.4 is 10.1 Å². The number of carbonyl (C=O) groups excluding carboxylic acids is 1. The number of benzene rings is 2. The average molecular weight is 305 g/mol. The van der Waals surface area contributed by atoms with Crippen molar-refractivity contribution < 1.29 is 23.4 Å². The number of nitrogens with one attached hydrogen (secondary N) is 1. The van der Waals surface area contributed by atoms with Crippen molar-refractivity contribution in [3.63, 3.8) is 0 Å². The molecule has 0 saturated carbocycles. The Labute approximate surface area is 125 Å². The second-order valence-electron chi connectivity index (χ2n) is 4.96. The quantitative estimate of drug-likeness (QED) is 0.896. The number of carbonyl (C=O) groups is 1. The highest BCUT2D eigenvalue weighted by molar-refractivity contribution is 6.06. The Morgan fingerprint density at radius 1 is 1.23 bits per heavy atom. The summed E-state index contributed by atoms with van der Waals surface area (Å²) in [4.78, 5) is 12.3. The van der Waals surface area contributed by atoms with Crippen molar-refractivity contribution in [1.82, 2.24) is 0 Å². The second-order valence-corrected chi connectivity index (χ2v) is 4.96. The molecule has 0 aromatic heterocycles. The minimum absolute atomic E-state index is 0.137. The minimum atomic E-state index is -1.04. The summed E-state index contributed by atoms with van der Waals surface area (Å²) in [5, 5.41) is 12.4. The Morgan fingerprint density at radius 2 is 2.05 bits per heavy atom. The first-order valence-electron chi connectivity index (χ1n) is 6.76. The first kappa shape index (κ1) is 14.5. The van der Waals surface area contributed by atoms with E-state index >= 15 is 0 Å². The Bertz CT molecular complexity index is 733. The van der Waals surface area contributed by atoms with Crippen molar-refractivity contribution in [1.29, 1.82) is 0 Å². The standard InChI is InChI=1S/C16H13F2NO3/c17-12-5-4-9(8-13(12)18)19-16(21)11-3-1-2-10-14(20)6-7-22-15(10)11/h1-5,8,14,20H,6-7H2,(H,19,21)/t14-/m0/s1. The summed E-state index contributed by atoms with van der Waals surface area (Å²) in [6, 6.07) is 7.97. The van der Waals surface area contributed by atoms with Gasteiger partial charge in [-0.1, -0.05) is 12.1 Å². The molecule has 114 valence electrons. The molecule has 0 radical (unpaired) electrons. The zero-order valence-electron chi connectivity index (χ0n) is 11.5. The van der Waals surface area contributed by atoms with E-state index in [1.54, 1.807) is 18.2 Å². The number of rotatable bonds is 2. The largest absolute Gasteiger partial charge is 0.492 e. The number of para-hydroxylation sites is 1. The van der Waals surface area contributed by atoms with Gasteiger partial charge >= 0.3 is 0 Å². The highest BCUT2D eigenvalue weighted by Gasteiger charge is 2.24. The number of aliphatic hydroxyl groups excluding tert-OH is 1. The molecule has 3 rings (SSSR count). The molecule has 0 bridgehead atoms. The van der Waals surface area contributed by atoms with Crippen LogP contribution in [0.15, 0.2) is 36.4 Å². The van der Waals surface area contributed by atoms with Gasteiger partial charge in [0.2, 0.25) is 0 Å². The fourth-order valence-electron chi connectivity index (χ4n) is 2.36. The van der Waals surface area contributed by atoms with Gasteiger partial charge in [-0.3, -0.25) is 4.79 Å². The van der Waals surface area contributed by atoms with Crippen LogP contribution in [0, 0.1) is 11.6 Å². The third kappa shape index (κ3) is 2.65. The summed E-state index contributed by atoms with van der Waals surface area (Å²) in [6.45, 7) is 0.309. The van der Waals surface area contributed by atoms with Crippen LogP contribution in [0.4, 0.5) is 14.5 Å². The summed E-state index contributed by atoms with van der Waals surface area (Å²) < 4.78 is 31.5. The highest BCUT2D eigenvalue weighted by atomic mass is 19.2. The fourth-order valence-corrected chi connectivity index (χ4v) is 2.36. The van der Waals surface area contributed by atoms with Gasteiger partial charge in [0.25, 0.3) is 5.91 Å². The summed E-state index contributed by atoms with van der Waals surface area (Å²) in [6.07, 6.45) is -0.221. The molecule has 6 heteroatoms. The molecule has 2 aromatic carbocycles.